The SMILES string of the molecule is O=S1(=O)N(CC2CC2)c2ccccc2C12CCN(Cc1ccncc1)CC2. The maximum atomic E-state index is 13.7. The van der Waals surface area contributed by atoms with Crippen molar-refractivity contribution < 1.29 is 8.42 Å². The molecule has 2 aliphatic heterocycles. The van der Waals surface area contributed by atoms with Crippen molar-refractivity contribution >= 4 is 15.7 Å². The van der Waals surface area contributed by atoms with Gasteiger partial charge in [0.25, 0.3) is 0 Å². The fraction of sp³-hybridized carbons (Fsp3) is 0.476. The molecule has 0 radical (unpaired) electrons. The maximum absolute atomic E-state index is 13.7. The number of piperidine rings is 1. The van der Waals surface area contributed by atoms with Crippen LogP contribution in [0.1, 0.15) is 36.8 Å². The molecule has 3 aliphatic rings. The predicted molar refractivity (Wildman–Crippen MR) is 106 cm³/mol. The van der Waals surface area contributed by atoms with Crippen LogP contribution in [0.3, 0.4) is 0 Å². The average Bonchev–Trinajstić information content (AvgIpc) is 3.49. The second kappa shape index (κ2) is 6.31. The first-order chi connectivity index (χ1) is 13.1. The van der Waals surface area contributed by atoms with Gasteiger partial charge in [-0.3, -0.25) is 14.2 Å². The molecule has 0 amide bonds. The summed E-state index contributed by atoms with van der Waals surface area (Å²) in [5, 5.41) is 0. The van der Waals surface area contributed by atoms with Gasteiger partial charge in [0.1, 0.15) is 4.75 Å². The molecule has 6 heteroatoms. The van der Waals surface area contributed by atoms with E-state index in [0.717, 1.165) is 43.7 Å². The van der Waals surface area contributed by atoms with Crippen LogP contribution in [0, 0.1) is 5.92 Å². The molecule has 0 N–H and O–H groups in total. The molecule has 5 nitrogen and oxygen atoms in total. The standard InChI is InChI=1S/C21H25N3O2S/c25-27(26)21(9-13-23(14-10-21)15-18-7-11-22-12-8-18)19-3-1-2-4-20(19)24(27)16-17-5-6-17/h1-4,7-8,11-12,17H,5-6,9-10,13-16H2. The molecule has 1 aliphatic carbocycles. The van der Waals surface area contributed by atoms with Crippen LogP contribution >= 0.6 is 0 Å². The number of benzene rings is 1. The molecule has 27 heavy (non-hydrogen) atoms. The first-order valence-electron chi connectivity index (χ1n) is 9.83. The van der Waals surface area contributed by atoms with Crippen molar-refractivity contribution in [2.75, 3.05) is 23.9 Å². The molecule has 1 saturated carbocycles. The normalized spacial score (nSPS) is 23.5. The zero-order valence-corrected chi connectivity index (χ0v) is 16.2. The summed E-state index contributed by atoms with van der Waals surface area (Å²) in [6.45, 7) is 3.11. The number of anilines is 1. The minimum absolute atomic E-state index is 0.537. The molecule has 1 aromatic heterocycles. The molecule has 1 spiro atoms. The number of likely N-dealkylation sites (tertiary alicyclic amines) is 1. The van der Waals surface area contributed by atoms with E-state index >= 15 is 0 Å². The Morgan fingerprint density at radius 2 is 1.74 bits per heavy atom. The fourth-order valence-electron chi connectivity index (χ4n) is 4.63. The van der Waals surface area contributed by atoms with Crippen LogP contribution in [0.2, 0.25) is 0 Å². The van der Waals surface area contributed by atoms with Gasteiger partial charge in [0.15, 0.2) is 0 Å². The number of fused-ring (bicyclic) bond motifs is 2. The van der Waals surface area contributed by atoms with Crippen molar-refractivity contribution in [3.63, 3.8) is 0 Å². The highest BCUT2D eigenvalue weighted by molar-refractivity contribution is 7.94. The smallest absolute Gasteiger partial charge is 0.245 e. The van der Waals surface area contributed by atoms with Crippen molar-refractivity contribution in [1.29, 1.82) is 0 Å². The second-order valence-electron chi connectivity index (χ2n) is 8.12. The maximum Gasteiger partial charge on any atom is 0.245 e. The van der Waals surface area contributed by atoms with E-state index in [1.165, 1.54) is 5.56 Å². The first kappa shape index (κ1) is 17.2. The van der Waals surface area contributed by atoms with Crippen LogP contribution < -0.4 is 4.31 Å². The molecule has 1 aromatic carbocycles. The summed E-state index contributed by atoms with van der Waals surface area (Å²) in [6.07, 6.45) is 7.27. The van der Waals surface area contributed by atoms with E-state index in [1.807, 2.05) is 48.8 Å². The van der Waals surface area contributed by atoms with Crippen molar-refractivity contribution in [2.45, 2.75) is 37.0 Å². The highest BCUT2D eigenvalue weighted by Gasteiger charge is 2.57. The van der Waals surface area contributed by atoms with Crippen molar-refractivity contribution in [3.8, 4) is 0 Å². The number of para-hydroxylation sites is 1. The van der Waals surface area contributed by atoms with Crippen LogP contribution in [-0.4, -0.2) is 37.9 Å². The summed E-state index contributed by atoms with van der Waals surface area (Å²) in [5.74, 6) is 0.537. The molecular weight excluding hydrogens is 358 g/mol. The lowest BCUT2D eigenvalue weighted by Gasteiger charge is -2.39. The lowest BCUT2D eigenvalue weighted by molar-refractivity contribution is 0.189. The van der Waals surface area contributed by atoms with Gasteiger partial charge in [-0.2, -0.15) is 0 Å². The molecule has 142 valence electrons. The van der Waals surface area contributed by atoms with Crippen molar-refractivity contribution in [2.24, 2.45) is 5.92 Å². The summed E-state index contributed by atoms with van der Waals surface area (Å²) in [4.78, 5) is 6.44. The van der Waals surface area contributed by atoms with Gasteiger partial charge in [-0.15, -0.1) is 0 Å². The third-order valence-corrected chi connectivity index (χ3v) is 8.93. The van der Waals surface area contributed by atoms with Gasteiger partial charge < -0.3 is 0 Å². The molecule has 0 atom stereocenters. The zero-order chi connectivity index (χ0) is 18.5. The van der Waals surface area contributed by atoms with E-state index in [1.54, 1.807) is 4.31 Å². The Morgan fingerprint density at radius 1 is 1.04 bits per heavy atom. The molecular formula is C21H25N3O2S. The summed E-state index contributed by atoms with van der Waals surface area (Å²) in [5.41, 5.74) is 3.17. The van der Waals surface area contributed by atoms with Crippen LogP contribution in [0.15, 0.2) is 48.8 Å². The summed E-state index contributed by atoms with van der Waals surface area (Å²) >= 11 is 0. The fourth-order valence-corrected chi connectivity index (χ4v) is 7.03. The van der Waals surface area contributed by atoms with Crippen LogP contribution in [0.25, 0.3) is 0 Å². The van der Waals surface area contributed by atoms with Crippen molar-refractivity contribution in [1.82, 2.24) is 9.88 Å². The Morgan fingerprint density at radius 3 is 2.44 bits per heavy atom. The van der Waals surface area contributed by atoms with Crippen LogP contribution in [-0.2, 0) is 21.3 Å². The van der Waals surface area contributed by atoms with E-state index < -0.39 is 14.8 Å². The van der Waals surface area contributed by atoms with Crippen LogP contribution in [0.5, 0.6) is 0 Å². The molecule has 0 unspecified atom stereocenters. The van der Waals surface area contributed by atoms with Gasteiger partial charge in [-0.1, -0.05) is 18.2 Å². The quantitative estimate of drug-likeness (QED) is 0.814. The second-order valence-corrected chi connectivity index (χ2v) is 10.3. The monoisotopic (exact) mass is 383 g/mol. The van der Waals surface area contributed by atoms with E-state index in [2.05, 4.69) is 9.88 Å². The lowest BCUT2D eigenvalue weighted by Crippen LogP contribution is -2.48. The number of hydrogen-bond donors (Lipinski definition) is 0. The van der Waals surface area contributed by atoms with Gasteiger partial charge in [0.2, 0.25) is 10.0 Å². The minimum Gasteiger partial charge on any atom is -0.299 e. The topological polar surface area (TPSA) is 53.5 Å². The summed E-state index contributed by atoms with van der Waals surface area (Å²) in [6, 6.07) is 12.0. The summed E-state index contributed by atoms with van der Waals surface area (Å²) in [7, 11) is -3.36. The Balaban J connectivity index is 1.42. The zero-order valence-electron chi connectivity index (χ0n) is 15.4. The number of aromatic nitrogens is 1. The van der Waals surface area contributed by atoms with Crippen molar-refractivity contribution in [3.05, 3.63) is 59.9 Å². The van der Waals surface area contributed by atoms with Gasteiger partial charge in [-0.25, -0.2) is 8.42 Å². The molecule has 2 aromatic rings. The largest absolute Gasteiger partial charge is 0.299 e. The highest BCUT2D eigenvalue weighted by atomic mass is 32.2. The average molecular weight is 384 g/mol. The molecule has 3 heterocycles. The van der Waals surface area contributed by atoms with Gasteiger partial charge in [-0.05, 0) is 60.9 Å². The number of pyridine rings is 1. The van der Waals surface area contributed by atoms with Gasteiger partial charge in [0.05, 0.1) is 5.69 Å². The first-order valence-corrected chi connectivity index (χ1v) is 11.3. The van der Waals surface area contributed by atoms with Gasteiger partial charge >= 0.3 is 0 Å². The third-order valence-electron chi connectivity index (χ3n) is 6.39. The van der Waals surface area contributed by atoms with Crippen LogP contribution in [0.4, 0.5) is 5.69 Å². The Hall–Kier alpha value is -1.92. The number of sulfonamides is 1. The Bertz CT molecular complexity index is 933. The minimum atomic E-state index is -3.36. The van der Waals surface area contributed by atoms with E-state index in [4.69, 9.17) is 0 Å². The molecule has 2 fully saturated rings. The van der Waals surface area contributed by atoms with Gasteiger partial charge in [0, 0.05) is 38.6 Å². The number of nitrogens with zero attached hydrogens (tertiary/aromatic N) is 3. The Labute approximate surface area is 161 Å². The van der Waals surface area contributed by atoms with E-state index in [0.29, 0.717) is 25.3 Å². The predicted octanol–water partition coefficient (Wildman–Crippen LogP) is 3.13. The number of hydrogen-bond acceptors (Lipinski definition) is 4. The number of rotatable bonds is 4. The molecule has 1 saturated heterocycles. The molecule has 5 rings (SSSR count). The molecule has 0 bridgehead atoms. The highest BCUT2D eigenvalue weighted by Crippen LogP contribution is 2.53. The third kappa shape index (κ3) is 2.77. The Kier molecular flexibility index (Phi) is 4.02. The van der Waals surface area contributed by atoms with E-state index in [9.17, 15) is 8.42 Å². The van der Waals surface area contributed by atoms with E-state index in [-0.39, 0.29) is 0 Å². The summed E-state index contributed by atoms with van der Waals surface area (Å²) < 4.78 is 28.3. The lowest BCUT2D eigenvalue weighted by atomic mass is 9.87.